The lowest BCUT2D eigenvalue weighted by molar-refractivity contribution is -0.138. The van der Waals surface area contributed by atoms with Gasteiger partial charge in [-0.1, -0.05) is 25.0 Å². The number of alkyl halides is 3. The summed E-state index contributed by atoms with van der Waals surface area (Å²) < 4.78 is 46.1. The van der Waals surface area contributed by atoms with Crippen LogP contribution in [0.1, 0.15) is 53.9 Å². The Balaban J connectivity index is 1.81. The molecule has 1 aliphatic carbocycles. The Morgan fingerprint density at radius 3 is 2.50 bits per heavy atom. The molecule has 2 aromatic rings. The third-order valence-electron chi connectivity index (χ3n) is 4.84. The first-order chi connectivity index (χ1) is 12.4. The molecular weight excluding hydrogens is 341 g/mol. The van der Waals surface area contributed by atoms with Gasteiger partial charge in [-0.3, -0.25) is 0 Å². The van der Waals surface area contributed by atoms with E-state index in [9.17, 15) is 13.2 Å². The first-order valence-electron chi connectivity index (χ1n) is 8.61. The molecule has 0 aromatic heterocycles. The maximum Gasteiger partial charge on any atom is 0.416 e. The van der Waals surface area contributed by atoms with Crippen LogP contribution in [0.3, 0.4) is 0 Å². The molecule has 0 bridgehead atoms. The quantitative estimate of drug-likeness (QED) is 0.543. The van der Waals surface area contributed by atoms with E-state index in [0.717, 1.165) is 31.9 Å². The van der Waals surface area contributed by atoms with E-state index in [1.165, 1.54) is 6.07 Å². The van der Waals surface area contributed by atoms with Crippen LogP contribution in [0.4, 0.5) is 18.9 Å². The number of ether oxygens (including phenoxy) is 1. The van der Waals surface area contributed by atoms with Crippen molar-refractivity contribution in [3.63, 3.8) is 0 Å². The zero-order valence-electron chi connectivity index (χ0n) is 14.3. The summed E-state index contributed by atoms with van der Waals surface area (Å²) in [5, 5.41) is 7.29. The van der Waals surface area contributed by atoms with Gasteiger partial charge in [-0.15, -0.1) is 0 Å². The molecule has 3 nitrogen and oxygen atoms in total. The number of nitrogens with one attached hydrogen (secondary N) is 1. The second-order valence-electron chi connectivity index (χ2n) is 6.62. The number of benzene rings is 2. The number of nitrogen functional groups attached to an aromatic ring is 1. The van der Waals surface area contributed by atoms with Crippen LogP contribution >= 0.6 is 0 Å². The first kappa shape index (κ1) is 18.3. The lowest BCUT2D eigenvalue weighted by atomic mass is 9.91. The predicted octanol–water partition coefficient (Wildman–Crippen LogP) is 5.52. The van der Waals surface area contributed by atoms with Gasteiger partial charge in [-0.2, -0.15) is 13.2 Å². The van der Waals surface area contributed by atoms with E-state index < -0.39 is 11.7 Å². The van der Waals surface area contributed by atoms with E-state index in [0.29, 0.717) is 28.1 Å². The van der Waals surface area contributed by atoms with E-state index in [1.807, 2.05) is 0 Å². The van der Waals surface area contributed by atoms with Crippen LogP contribution in [0.25, 0.3) is 0 Å². The largest absolute Gasteiger partial charge is 0.489 e. The van der Waals surface area contributed by atoms with Crippen molar-refractivity contribution in [3.8, 4) is 5.75 Å². The van der Waals surface area contributed by atoms with Gasteiger partial charge < -0.3 is 15.9 Å². The molecule has 138 valence electrons. The molecule has 0 heterocycles. The summed E-state index contributed by atoms with van der Waals surface area (Å²) in [4.78, 5) is 0. The Labute approximate surface area is 150 Å². The summed E-state index contributed by atoms with van der Waals surface area (Å²) in [6.07, 6.45) is 0.342. The molecule has 3 N–H and O–H groups in total. The second-order valence-corrected chi connectivity index (χ2v) is 6.62. The van der Waals surface area contributed by atoms with E-state index in [4.69, 9.17) is 15.9 Å². The van der Waals surface area contributed by atoms with Gasteiger partial charge in [0, 0.05) is 17.5 Å². The summed E-state index contributed by atoms with van der Waals surface area (Å²) in [6, 6.07) is 9.35. The zero-order chi connectivity index (χ0) is 18.7. The summed E-state index contributed by atoms with van der Waals surface area (Å²) in [5.41, 5.74) is 6.99. The highest BCUT2D eigenvalue weighted by atomic mass is 19.4. The van der Waals surface area contributed by atoms with Crippen LogP contribution in [0.5, 0.6) is 5.75 Å². The lowest BCUT2D eigenvalue weighted by Crippen LogP contribution is -2.12. The van der Waals surface area contributed by atoms with Gasteiger partial charge in [0.05, 0.1) is 5.56 Å². The maximum absolute atomic E-state index is 13.5. The van der Waals surface area contributed by atoms with Crippen LogP contribution in [0.15, 0.2) is 36.4 Å². The Bertz CT molecular complexity index is 796. The molecule has 0 aliphatic heterocycles. The molecule has 0 saturated heterocycles. The highest BCUT2D eigenvalue weighted by Gasteiger charge is 2.36. The molecule has 1 fully saturated rings. The molecule has 0 atom stereocenters. The minimum atomic E-state index is -4.37. The summed E-state index contributed by atoms with van der Waals surface area (Å²) >= 11 is 0. The number of anilines is 1. The van der Waals surface area contributed by atoms with Crippen LogP contribution in [0, 0.1) is 5.41 Å². The van der Waals surface area contributed by atoms with Gasteiger partial charge in [0.2, 0.25) is 0 Å². The maximum atomic E-state index is 13.5. The average molecular weight is 362 g/mol. The Hall–Kier alpha value is -2.50. The van der Waals surface area contributed by atoms with Crippen molar-refractivity contribution in [2.75, 3.05) is 5.73 Å². The normalized spacial score (nSPS) is 15.2. The van der Waals surface area contributed by atoms with Crippen molar-refractivity contribution in [3.05, 3.63) is 58.7 Å². The molecule has 0 amide bonds. The van der Waals surface area contributed by atoms with Crippen molar-refractivity contribution in [1.82, 2.24) is 0 Å². The lowest BCUT2D eigenvalue weighted by Gasteiger charge is -2.19. The Morgan fingerprint density at radius 2 is 1.85 bits per heavy atom. The minimum Gasteiger partial charge on any atom is -0.489 e. The van der Waals surface area contributed by atoms with E-state index >= 15 is 0 Å². The molecule has 0 unspecified atom stereocenters. The summed E-state index contributed by atoms with van der Waals surface area (Å²) in [6.45, 7) is 0.0232. The molecule has 2 aromatic carbocycles. The Kier molecular flexibility index (Phi) is 5.20. The molecule has 1 saturated carbocycles. The van der Waals surface area contributed by atoms with Crippen LogP contribution in [0.2, 0.25) is 0 Å². The molecule has 6 heteroatoms. The van der Waals surface area contributed by atoms with Crippen LogP contribution in [-0.4, -0.2) is 6.21 Å². The number of rotatable bonds is 5. The van der Waals surface area contributed by atoms with Gasteiger partial charge in [0.1, 0.15) is 12.4 Å². The topological polar surface area (TPSA) is 59.1 Å². The number of nitrogens with two attached hydrogens (primary N) is 1. The Morgan fingerprint density at radius 1 is 1.12 bits per heavy atom. The fourth-order valence-corrected chi connectivity index (χ4v) is 3.47. The predicted molar refractivity (Wildman–Crippen MR) is 95.7 cm³/mol. The molecule has 0 spiro atoms. The molecular formula is C20H21F3N2O. The fourth-order valence-electron chi connectivity index (χ4n) is 3.47. The molecule has 3 rings (SSSR count). The highest BCUT2D eigenvalue weighted by Crippen LogP contribution is 2.42. The van der Waals surface area contributed by atoms with Gasteiger partial charge in [0.25, 0.3) is 0 Å². The second kappa shape index (κ2) is 7.40. The third kappa shape index (κ3) is 4.00. The van der Waals surface area contributed by atoms with E-state index in [1.54, 1.807) is 30.3 Å². The molecule has 1 aliphatic rings. The van der Waals surface area contributed by atoms with Gasteiger partial charge >= 0.3 is 6.18 Å². The summed E-state index contributed by atoms with van der Waals surface area (Å²) in [7, 11) is 0. The summed E-state index contributed by atoms with van der Waals surface area (Å²) in [5.74, 6) is 0.458. The minimum absolute atomic E-state index is 0.00570. The van der Waals surface area contributed by atoms with Crippen molar-refractivity contribution >= 4 is 11.9 Å². The first-order valence-corrected chi connectivity index (χ1v) is 8.61. The monoisotopic (exact) mass is 362 g/mol. The van der Waals surface area contributed by atoms with Gasteiger partial charge in [0.15, 0.2) is 0 Å². The third-order valence-corrected chi connectivity index (χ3v) is 4.84. The van der Waals surface area contributed by atoms with Crippen LogP contribution in [-0.2, 0) is 12.8 Å². The van der Waals surface area contributed by atoms with E-state index in [-0.39, 0.29) is 12.5 Å². The van der Waals surface area contributed by atoms with Crippen molar-refractivity contribution < 1.29 is 17.9 Å². The van der Waals surface area contributed by atoms with Crippen molar-refractivity contribution in [2.24, 2.45) is 0 Å². The SMILES string of the molecule is N=Cc1cc(OCc2ccc(C3CCCC3)c(C(F)(F)F)c2)ccc1N. The molecule has 26 heavy (non-hydrogen) atoms. The van der Waals surface area contributed by atoms with Crippen molar-refractivity contribution in [2.45, 2.75) is 44.4 Å². The number of hydrogen-bond donors (Lipinski definition) is 2. The van der Waals surface area contributed by atoms with Gasteiger partial charge in [-0.05, 0) is 54.2 Å². The smallest absolute Gasteiger partial charge is 0.416 e. The number of halogens is 3. The standard InChI is InChI=1S/C20H21F3N2O/c21-20(22,23)18-9-13(5-7-17(18)14-3-1-2-4-14)12-26-16-6-8-19(25)15(10-16)11-24/h5-11,14,24H,1-4,12,25H2. The highest BCUT2D eigenvalue weighted by molar-refractivity contribution is 5.85. The van der Waals surface area contributed by atoms with Gasteiger partial charge in [-0.25, -0.2) is 0 Å². The average Bonchev–Trinajstić information content (AvgIpc) is 3.14. The van der Waals surface area contributed by atoms with Crippen LogP contribution < -0.4 is 10.5 Å². The fraction of sp³-hybridized carbons (Fsp3) is 0.350. The number of hydrogen-bond acceptors (Lipinski definition) is 3. The molecule has 0 radical (unpaired) electrons. The van der Waals surface area contributed by atoms with Crippen molar-refractivity contribution in [1.29, 1.82) is 5.41 Å². The van der Waals surface area contributed by atoms with E-state index in [2.05, 4.69) is 0 Å². The zero-order valence-corrected chi connectivity index (χ0v) is 14.3.